The Morgan fingerprint density at radius 2 is 1.97 bits per heavy atom. The number of rotatable bonds is 6. The van der Waals surface area contributed by atoms with Crippen LogP contribution in [0.5, 0.6) is 5.75 Å². The van der Waals surface area contributed by atoms with Gasteiger partial charge in [-0.1, -0.05) is 41.4 Å². The van der Waals surface area contributed by atoms with Crippen LogP contribution in [0.15, 0.2) is 56.8 Å². The Morgan fingerprint density at radius 1 is 1.24 bits per heavy atom. The Labute approximate surface area is 189 Å². The average Bonchev–Trinajstić information content (AvgIpc) is 2.94. The van der Waals surface area contributed by atoms with Crippen LogP contribution in [0, 0.1) is 5.92 Å². The zero-order chi connectivity index (χ0) is 21.0. The van der Waals surface area contributed by atoms with Crippen molar-refractivity contribution >= 4 is 62.1 Å². The molecule has 0 spiro atoms. The fourth-order valence-electron chi connectivity index (χ4n) is 2.80. The molecule has 1 aliphatic rings. The van der Waals surface area contributed by atoms with Gasteiger partial charge in [-0.2, -0.15) is 0 Å². The first-order valence-electron chi connectivity index (χ1n) is 9.35. The molecule has 2 aromatic carbocycles. The number of carbonyl (C=O) groups excluding carboxylic acids is 1. The van der Waals surface area contributed by atoms with Crippen molar-refractivity contribution < 1.29 is 9.53 Å². The highest BCUT2D eigenvalue weighted by molar-refractivity contribution is 9.10. The summed E-state index contributed by atoms with van der Waals surface area (Å²) < 4.78 is 6.65. The highest BCUT2D eigenvalue weighted by Gasteiger charge is 2.34. The molecule has 152 valence electrons. The summed E-state index contributed by atoms with van der Waals surface area (Å²) in [6.07, 6.45) is 1.88. The molecule has 0 bridgehead atoms. The van der Waals surface area contributed by atoms with Gasteiger partial charge in [-0.3, -0.25) is 9.69 Å². The highest BCUT2D eigenvalue weighted by atomic mass is 79.9. The Bertz CT molecular complexity index is 958. The smallest absolute Gasteiger partial charge is 0.266 e. The lowest BCUT2D eigenvalue weighted by molar-refractivity contribution is -0.122. The lowest BCUT2D eigenvalue weighted by Crippen LogP contribution is -2.32. The van der Waals surface area contributed by atoms with Gasteiger partial charge in [0.1, 0.15) is 5.75 Å². The normalized spacial score (nSPS) is 17.0. The minimum Gasteiger partial charge on any atom is -0.493 e. The van der Waals surface area contributed by atoms with E-state index in [1.54, 1.807) is 17.0 Å². The lowest BCUT2D eigenvalue weighted by atomic mass is 10.1. The highest BCUT2D eigenvalue weighted by Crippen LogP contribution is 2.36. The van der Waals surface area contributed by atoms with Crippen LogP contribution in [-0.4, -0.2) is 29.1 Å². The van der Waals surface area contributed by atoms with E-state index in [0.29, 0.717) is 34.2 Å². The number of hydrogen-bond donors (Lipinski definition) is 0. The number of aliphatic imine (C=N–C) groups is 1. The van der Waals surface area contributed by atoms with Gasteiger partial charge >= 0.3 is 0 Å². The molecule has 0 atom stereocenters. The van der Waals surface area contributed by atoms with Crippen molar-refractivity contribution in [2.75, 3.05) is 13.2 Å². The fraction of sp³-hybridized carbons (Fsp3) is 0.273. The van der Waals surface area contributed by atoms with Crippen molar-refractivity contribution in [1.82, 2.24) is 4.90 Å². The topological polar surface area (TPSA) is 41.9 Å². The second kappa shape index (κ2) is 9.83. The third-order valence-electron chi connectivity index (χ3n) is 4.05. The summed E-state index contributed by atoms with van der Waals surface area (Å²) in [4.78, 5) is 20.2. The van der Waals surface area contributed by atoms with Gasteiger partial charge in [-0.15, -0.1) is 0 Å². The van der Waals surface area contributed by atoms with E-state index in [9.17, 15) is 4.79 Å². The van der Waals surface area contributed by atoms with Gasteiger partial charge < -0.3 is 4.74 Å². The van der Waals surface area contributed by atoms with Crippen LogP contribution < -0.4 is 4.74 Å². The predicted octanol–water partition coefficient (Wildman–Crippen LogP) is 6.76. The van der Waals surface area contributed by atoms with Crippen LogP contribution in [0.4, 0.5) is 5.69 Å². The maximum absolute atomic E-state index is 13.1. The number of thioether (sulfide) groups is 1. The Hall–Kier alpha value is -1.76. The number of nitrogens with zero attached hydrogens (tertiary/aromatic N) is 2. The monoisotopic (exact) mass is 492 g/mol. The van der Waals surface area contributed by atoms with E-state index in [4.69, 9.17) is 21.3 Å². The number of ether oxygens (including phenoxy) is 1. The lowest BCUT2D eigenvalue weighted by Gasteiger charge is -2.17. The third-order valence-corrected chi connectivity index (χ3v) is 5.80. The van der Waals surface area contributed by atoms with Crippen LogP contribution >= 0.6 is 39.3 Å². The number of carbonyl (C=O) groups is 1. The summed E-state index contributed by atoms with van der Waals surface area (Å²) in [5.41, 5.74) is 1.62. The summed E-state index contributed by atoms with van der Waals surface area (Å²) in [7, 11) is 0. The van der Waals surface area contributed by atoms with Gasteiger partial charge in [0.15, 0.2) is 5.17 Å². The molecule has 0 radical (unpaired) electrons. The molecule has 0 saturated carbocycles. The predicted molar refractivity (Wildman–Crippen MR) is 126 cm³/mol. The van der Waals surface area contributed by atoms with Crippen LogP contribution in [0.1, 0.15) is 26.3 Å². The molecular formula is C22H22BrClN2O2S. The molecule has 0 aromatic heterocycles. The SMILES string of the molecule is CCOc1ccc(Br)cc1/C=C1\SC(=Nc2ccc(Cl)cc2)N(CC(C)C)C1=O. The maximum Gasteiger partial charge on any atom is 0.266 e. The standard InChI is InChI=1S/C22H22BrClN2O2S/c1-4-28-19-10-5-16(23)11-15(19)12-20-21(27)26(13-14(2)3)22(29-20)25-18-8-6-17(24)7-9-18/h5-12,14H,4,13H2,1-3H3/b20-12-,25-22?. The summed E-state index contributed by atoms with van der Waals surface area (Å²) in [5, 5.41) is 1.33. The maximum atomic E-state index is 13.1. The zero-order valence-electron chi connectivity index (χ0n) is 16.5. The molecule has 0 aliphatic carbocycles. The molecule has 1 amide bonds. The Morgan fingerprint density at radius 3 is 2.62 bits per heavy atom. The Balaban J connectivity index is 1.99. The molecule has 2 aromatic rings. The number of hydrogen-bond acceptors (Lipinski definition) is 4. The van der Waals surface area contributed by atoms with E-state index in [2.05, 4.69) is 29.8 Å². The van der Waals surface area contributed by atoms with Gasteiger partial charge in [-0.05, 0) is 73.1 Å². The molecule has 0 unspecified atom stereocenters. The molecule has 0 N–H and O–H groups in total. The van der Waals surface area contributed by atoms with Crippen LogP contribution in [0.3, 0.4) is 0 Å². The zero-order valence-corrected chi connectivity index (χ0v) is 19.6. The average molecular weight is 494 g/mol. The summed E-state index contributed by atoms with van der Waals surface area (Å²) in [5.74, 6) is 1.02. The van der Waals surface area contributed by atoms with Crippen LogP contribution in [0.25, 0.3) is 6.08 Å². The quantitative estimate of drug-likeness (QED) is 0.417. The molecule has 3 rings (SSSR count). The van der Waals surface area contributed by atoms with E-state index in [-0.39, 0.29) is 5.91 Å². The minimum atomic E-state index is -0.0427. The second-order valence-electron chi connectivity index (χ2n) is 6.91. The summed E-state index contributed by atoms with van der Waals surface area (Å²) in [6.45, 7) is 7.27. The molecule has 29 heavy (non-hydrogen) atoms. The van der Waals surface area contributed by atoms with Crippen molar-refractivity contribution in [3.05, 3.63) is 62.4 Å². The van der Waals surface area contributed by atoms with E-state index in [1.807, 2.05) is 43.3 Å². The van der Waals surface area contributed by atoms with Gasteiger partial charge in [0, 0.05) is 21.6 Å². The van der Waals surface area contributed by atoms with Crippen molar-refractivity contribution in [2.24, 2.45) is 10.9 Å². The van der Waals surface area contributed by atoms with E-state index < -0.39 is 0 Å². The van der Waals surface area contributed by atoms with Crippen molar-refractivity contribution in [1.29, 1.82) is 0 Å². The minimum absolute atomic E-state index is 0.0427. The third kappa shape index (κ3) is 5.65. The summed E-state index contributed by atoms with van der Waals surface area (Å²) in [6, 6.07) is 13.1. The van der Waals surface area contributed by atoms with Gasteiger partial charge in [0.25, 0.3) is 5.91 Å². The molecule has 7 heteroatoms. The van der Waals surface area contributed by atoms with Crippen LogP contribution in [0.2, 0.25) is 5.02 Å². The first-order valence-corrected chi connectivity index (χ1v) is 11.3. The molecule has 1 heterocycles. The number of benzene rings is 2. The molecule has 4 nitrogen and oxygen atoms in total. The largest absolute Gasteiger partial charge is 0.493 e. The van der Waals surface area contributed by atoms with E-state index in [1.165, 1.54) is 11.8 Å². The number of amides is 1. The second-order valence-corrected chi connectivity index (χ2v) is 9.27. The molecule has 1 fully saturated rings. The number of amidine groups is 1. The van der Waals surface area contributed by atoms with Crippen molar-refractivity contribution in [2.45, 2.75) is 20.8 Å². The first kappa shape index (κ1) is 21.9. The van der Waals surface area contributed by atoms with Crippen molar-refractivity contribution in [3.8, 4) is 5.75 Å². The fourth-order valence-corrected chi connectivity index (χ4v) is 4.31. The van der Waals surface area contributed by atoms with E-state index in [0.717, 1.165) is 21.5 Å². The van der Waals surface area contributed by atoms with E-state index >= 15 is 0 Å². The first-order chi connectivity index (χ1) is 13.9. The summed E-state index contributed by atoms with van der Waals surface area (Å²) >= 11 is 10.8. The number of halogens is 2. The Kier molecular flexibility index (Phi) is 7.44. The van der Waals surface area contributed by atoms with Crippen LogP contribution in [-0.2, 0) is 4.79 Å². The van der Waals surface area contributed by atoms with Crippen molar-refractivity contribution in [3.63, 3.8) is 0 Å². The molecular weight excluding hydrogens is 472 g/mol. The molecule has 1 aliphatic heterocycles. The van der Waals surface area contributed by atoms with Gasteiger partial charge in [0.05, 0.1) is 17.2 Å². The van der Waals surface area contributed by atoms with Gasteiger partial charge in [0.2, 0.25) is 0 Å². The molecule has 1 saturated heterocycles. The van der Waals surface area contributed by atoms with Gasteiger partial charge in [-0.25, -0.2) is 4.99 Å².